The molecule has 1 saturated heterocycles. The minimum atomic E-state index is -4.24. The Balaban J connectivity index is 1.73. The number of benzene rings is 1. The minimum absolute atomic E-state index is 0.0928. The van der Waals surface area contributed by atoms with Crippen molar-refractivity contribution < 1.29 is 27.1 Å². The van der Waals surface area contributed by atoms with E-state index in [2.05, 4.69) is 6.58 Å². The molecule has 8 heteroatoms. The molecule has 0 unspecified atom stereocenters. The summed E-state index contributed by atoms with van der Waals surface area (Å²) in [6, 6.07) is 3.62. The van der Waals surface area contributed by atoms with Gasteiger partial charge in [-0.25, -0.2) is 8.78 Å². The fourth-order valence-corrected chi connectivity index (χ4v) is 4.74. The number of likely N-dealkylation sites (tertiary alicyclic amines) is 1. The highest BCUT2D eigenvalue weighted by atomic mass is 19.4. The van der Waals surface area contributed by atoms with Gasteiger partial charge in [0.2, 0.25) is 0 Å². The number of nitrogens with zero attached hydrogens (tertiary/aromatic N) is 2. The van der Waals surface area contributed by atoms with Gasteiger partial charge in [0.15, 0.2) is 0 Å². The van der Waals surface area contributed by atoms with E-state index in [1.165, 1.54) is 18.2 Å². The average molecular weight is 440 g/mol. The van der Waals surface area contributed by atoms with Gasteiger partial charge >= 0.3 is 6.18 Å². The molecular weight excluding hydrogens is 415 g/mol. The van der Waals surface area contributed by atoms with Crippen LogP contribution in [-0.2, 0) is 0 Å². The highest BCUT2D eigenvalue weighted by molar-refractivity contribution is 5.92. The van der Waals surface area contributed by atoms with Gasteiger partial charge < -0.3 is 14.6 Å². The van der Waals surface area contributed by atoms with Gasteiger partial charge in [0, 0.05) is 41.8 Å². The third kappa shape index (κ3) is 3.91. The molecule has 2 fully saturated rings. The van der Waals surface area contributed by atoms with E-state index in [1.54, 1.807) is 22.5 Å². The van der Waals surface area contributed by atoms with Crippen LogP contribution in [0.25, 0.3) is 17.0 Å². The van der Waals surface area contributed by atoms with Gasteiger partial charge in [0.05, 0.1) is 17.6 Å². The maximum Gasteiger partial charge on any atom is 0.395 e. The number of halogens is 5. The van der Waals surface area contributed by atoms with Crippen molar-refractivity contribution in [3.8, 4) is 0 Å². The Morgan fingerprint density at radius 2 is 2.03 bits per heavy atom. The van der Waals surface area contributed by atoms with E-state index in [9.17, 15) is 27.1 Å². The molecular formula is C23H25F5N2O. The predicted molar refractivity (Wildman–Crippen MR) is 110 cm³/mol. The molecule has 1 aromatic heterocycles. The Kier molecular flexibility index (Phi) is 5.50. The second-order valence-electron chi connectivity index (χ2n) is 8.70. The largest absolute Gasteiger partial charge is 0.395 e. The molecule has 1 aromatic carbocycles. The van der Waals surface area contributed by atoms with Gasteiger partial charge in [0.25, 0.3) is 0 Å². The van der Waals surface area contributed by atoms with Gasteiger partial charge in [-0.05, 0) is 56.5 Å². The Labute approximate surface area is 177 Å². The number of aromatic nitrogens is 1. The van der Waals surface area contributed by atoms with Crippen LogP contribution in [0.4, 0.5) is 22.0 Å². The number of fused-ring (bicyclic) bond motifs is 1. The van der Waals surface area contributed by atoms with E-state index in [0.29, 0.717) is 35.1 Å². The van der Waals surface area contributed by atoms with Crippen LogP contribution < -0.4 is 0 Å². The molecule has 2 aromatic rings. The number of alkyl halides is 3. The first-order valence-electron chi connectivity index (χ1n) is 10.3. The van der Waals surface area contributed by atoms with Crippen LogP contribution >= 0.6 is 0 Å². The lowest BCUT2D eigenvalue weighted by molar-refractivity contribution is -0.193. The van der Waals surface area contributed by atoms with Crippen LogP contribution in [0.15, 0.2) is 36.7 Å². The Bertz CT molecular complexity index is 1030. The quantitative estimate of drug-likeness (QED) is 0.489. The summed E-state index contributed by atoms with van der Waals surface area (Å²) < 4.78 is 70.1. The van der Waals surface area contributed by atoms with Crippen LogP contribution in [0.2, 0.25) is 0 Å². The molecule has 168 valence electrons. The Morgan fingerprint density at radius 3 is 2.65 bits per heavy atom. The number of rotatable bonds is 5. The molecule has 0 amide bonds. The molecule has 0 bridgehead atoms. The highest BCUT2D eigenvalue weighted by Gasteiger charge is 2.63. The van der Waals surface area contributed by atoms with E-state index >= 15 is 0 Å². The van der Waals surface area contributed by atoms with Crippen molar-refractivity contribution >= 4 is 17.0 Å². The van der Waals surface area contributed by atoms with Crippen LogP contribution in [0.1, 0.15) is 36.6 Å². The molecule has 2 heterocycles. The van der Waals surface area contributed by atoms with Crippen molar-refractivity contribution in [3.05, 3.63) is 53.8 Å². The molecule has 1 aliphatic carbocycles. The van der Waals surface area contributed by atoms with Crippen LogP contribution in [-0.4, -0.2) is 46.5 Å². The lowest BCUT2D eigenvalue weighted by Gasteiger charge is -2.39. The van der Waals surface area contributed by atoms with Crippen molar-refractivity contribution in [2.75, 3.05) is 19.6 Å². The van der Waals surface area contributed by atoms with Crippen molar-refractivity contribution in [2.45, 2.75) is 44.5 Å². The maximum absolute atomic E-state index is 14.0. The number of allylic oxidation sites excluding steroid dienone is 2. The second kappa shape index (κ2) is 7.74. The van der Waals surface area contributed by atoms with Crippen molar-refractivity contribution in [2.24, 2.45) is 5.41 Å². The number of piperidine rings is 1. The third-order valence-electron chi connectivity index (χ3n) is 6.68. The van der Waals surface area contributed by atoms with Crippen molar-refractivity contribution in [1.29, 1.82) is 0 Å². The number of hydrogen-bond acceptors (Lipinski definition) is 2. The molecule has 4 rings (SSSR count). The lowest BCUT2D eigenvalue weighted by Crippen LogP contribution is -2.48. The van der Waals surface area contributed by atoms with E-state index < -0.39 is 35.4 Å². The van der Waals surface area contributed by atoms with Crippen LogP contribution in [0, 0.1) is 18.2 Å². The zero-order valence-electron chi connectivity index (χ0n) is 17.2. The summed E-state index contributed by atoms with van der Waals surface area (Å²) in [6.07, 6.45) is -2.14. The van der Waals surface area contributed by atoms with E-state index in [1.807, 2.05) is 0 Å². The molecule has 0 spiro atoms. The smallest absolute Gasteiger partial charge is 0.391 e. The monoisotopic (exact) mass is 440 g/mol. The molecule has 3 nitrogen and oxygen atoms in total. The topological polar surface area (TPSA) is 28.4 Å². The summed E-state index contributed by atoms with van der Waals surface area (Å²) in [4.78, 5) is 1.76. The standard InChI is InChI=1S/C23H25F5N2O/c1-3-15(24)10-17-14(2)30(19-5-4-16(25)11-18(17)19)20-12-29(9-6-21(20)31)13-22(7-8-22)23(26,27)28/h3-5,10-11,20-21,31H,1,6-9,12-13H2,2H3/b15-10+/t20-,21-/m1/s1. The summed E-state index contributed by atoms with van der Waals surface area (Å²) in [6.45, 7) is 5.65. The molecule has 1 N–H and O–H groups in total. The molecule has 31 heavy (non-hydrogen) atoms. The highest BCUT2D eigenvalue weighted by Crippen LogP contribution is 2.58. The summed E-state index contributed by atoms with van der Waals surface area (Å²) >= 11 is 0. The minimum Gasteiger partial charge on any atom is -0.391 e. The van der Waals surface area contributed by atoms with E-state index in [-0.39, 0.29) is 25.9 Å². The van der Waals surface area contributed by atoms with Gasteiger partial charge in [-0.3, -0.25) is 0 Å². The first kappa shape index (κ1) is 22.0. The molecule has 0 radical (unpaired) electrons. The van der Waals surface area contributed by atoms with Gasteiger partial charge in [-0.1, -0.05) is 6.58 Å². The maximum atomic E-state index is 14.0. The van der Waals surface area contributed by atoms with Crippen LogP contribution in [0.5, 0.6) is 0 Å². The summed E-state index contributed by atoms with van der Waals surface area (Å²) in [7, 11) is 0. The van der Waals surface area contributed by atoms with Crippen molar-refractivity contribution in [1.82, 2.24) is 9.47 Å². The first-order valence-corrected chi connectivity index (χ1v) is 10.3. The molecule has 1 saturated carbocycles. The zero-order valence-corrected chi connectivity index (χ0v) is 17.2. The summed E-state index contributed by atoms with van der Waals surface area (Å²) in [5.41, 5.74) is 0.0214. The normalized spacial score (nSPS) is 24.5. The first-order chi connectivity index (χ1) is 14.6. The Morgan fingerprint density at radius 1 is 1.32 bits per heavy atom. The van der Waals surface area contributed by atoms with E-state index in [4.69, 9.17) is 0 Å². The summed E-state index contributed by atoms with van der Waals surface area (Å²) in [5.74, 6) is -1.07. The lowest BCUT2D eigenvalue weighted by atomic mass is 9.98. The SMILES string of the molecule is C=C/C(F)=C\c1c(C)n([C@@H]2CN(CC3(C(F)(F)F)CC3)CC[C@H]2O)c2ccc(F)cc12. The van der Waals surface area contributed by atoms with Gasteiger partial charge in [0.1, 0.15) is 11.6 Å². The Hall–Kier alpha value is -2.19. The second-order valence-corrected chi connectivity index (χ2v) is 8.70. The molecule has 2 aliphatic rings. The fraction of sp³-hybridized carbons (Fsp3) is 0.478. The summed E-state index contributed by atoms with van der Waals surface area (Å²) in [5, 5.41) is 11.2. The van der Waals surface area contributed by atoms with Crippen LogP contribution in [0.3, 0.4) is 0 Å². The predicted octanol–water partition coefficient (Wildman–Crippen LogP) is 5.54. The average Bonchev–Trinajstić information content (AvgIpc) is 3.45. The number of aliphatic hydroxyl groups excluding tert-OH is 1. The van der Waals surface area contributed by atoms with Crippen molar-refractivity contribution in [3.63, 3.8) is 0 Å². The molecule has 1 aliphatic heterocycles. The fourth-order valence-electron chi connectivity index (χ4n) is 4.74. The van der Waals surface area contributed by atoms with Gasteiger partial charge in [-0.2, -0.15) is 13.2 Å². The zero-order chi connectivity index (χ0) is 22.6. The molecule has 2 atom stereocenters. The van der Waals surface area contributed by atoms with Gasteiger partial charge in [-0.15, -0.1) is 0 Å². The van der Waals surface area contributed by atoms with E-state index in [0.717, 1.165) is 6.08 Å². The number of aliphatic hydroxyl groups is 1. The number of hydrogen-bond donors (Lipinski definition) is 1. The third-order valence-corrected chi connectivity index (χ3v) is 6.68.